The SMILES string of the molecule is CC(C)CNC(=O)c1ccc2c(c1)nc1n2CCN(Cc2ccco2)C1. The van der Waals surface area contributed by atoms with E-state index in [1.165, 1.54) is 0 Å². The van der Waals surface area contributed by atoms with E-state index in [1.807, 2.05) is 30.3 Å². The van der Waals surface area contributed by atoms with Crippen molar-refractivity contribution in [3.05, 3.63) is 53.7 Å². The van der Waals surface area contributed by atoms with Crippen LogP contribution in [0.1, 0.15) is 35.8 Å². The maximum Gasteiger partial charge on any atom is 0.251 e. The van der Waals surface area contributed by atoms with Gasteiger partial charge in [0.1, 0.15) is 11.6 Å². The van der Waals surface area contributed by atoms with E-state index in [9.17, 15) is 4.79 Å². The summed E-state index contributed by atoms with van der Waals surface area (Å²) in [6.07, 6.45) is 1.71. The van der Waals surface area contributed by atoms with Crippen LogP contribution in [-0.2, 0) is 19.6 Å². The first-order valence-corrected chi connectivity index (χ1v) is 9.12. The predicted molar refractivity (Wildman–Crippen MR) is 99.7 cm³/mol. The quantitative estimate of drug-likeness (QED) is 0.767. The molecule has 0 spiro atoms. The number of carbonyl (C=O) groups excluding carboxylic acids is 1. The zero-order valence-corrected chi connectivity index (χ0v) is 15.2. The maximum atomic E-state index is 12.3. The molecule has 1 aliphatic heterocycles. The number of furan rings is 1. The molecule has 0 radical (unpaired) electrons. The van der Waals surface area contributed by atoms with E-state index in [0.717, 1.165) is 48.8 Å². The fourth-order valence-electron chi connectivity index (χ4n) is 3.37. The first-order valence-electron chi connectivity index (χ1n) is 9.12. The van der Waals surface area contributed by atoms with Crippen molar-refractivity contribution in [1.29, 1.82) is 0 Å². The van der Waals surface area contributed by atoms with Gasteiger partial charge in [0.15, 0.2) is 0 Å². The van der Waals surface area contributed by atoms with E-state index in [1.54, 1.807) is 6.26 Å². The molecule has 1 N–H and O–H groups in total. The number of nitrogens with one attached hydrogen (secondary N) is 1. The van der Waals surface area contributed by atoms with Crippen molar-refractivity contribution < 1.29 is 9.21 Å². The normalized spacial score (nSPS) is 14.7. The third kappa shape index (κ3) is 3.37. The van der Waals surface area contributed by atoms with E-state index in [0.29, 0.717) is 18.0 Å². The lowest BCUT2D eigenvalue weighted by Crippen LogP contribution is -2.33. The van der Waals surface area contributed by atoms with Gasteiger partial charge in [0, 0.05) is 25.2 Å². The molecule has 0 unspecified atom stereocenters. The molecule has 0 saturated carbocycles. The van der Waals surface area contributed by atoms with Crippen LogP contribution in [0.2, 0.25) is 0 Å². The molecular formula is C20H24N4O2. The van der Waals surface area contributed by atoms with Crippen LogP contribution in [-0.4, -0.2) is 33.4 Å². The van der Waals surface area contributed by atoms with Gasteiger partial charge in [-0.15, -0.1) is 0 Å². The molecule has 136 valence electrons. The number of rotatable bonds is 5. The summed E-state index contributed by atoms with van der Waals surface area (Å²) in [5.41, 5.74) is 2.65. The van der Waals surface area contributed by atoms with Crippen LogP contribution in [0.4, 0.5) is 0 Å². The molecule has 6 heteroatoms. The van der Waals surface area contributed by atoms with E-state index < -0.39 is 0 Å². The number of fused-ring (bicyclic) bond motifs is 3. The fraction of sp³-hybridized carbons (Fsp3) is 0.400. The monoisotopic (exact) mass is 352 g/mol. The van der Waals surface area contributed by atoms with Crippen LogP contribution in [0.5, 0.6) is 0 Å². The summed E-state index contributed by atoms with van der Waals surface area (Å²) >= 11 is 0. The largest absolute Gasteiger partial charge is 0.468 e. The van der Waals surface area contributed by atoms with E-state index >= 15 is 0 Å². The van der Waals surface area contributed by atoms with Gasteiger partial charge in [0.05, 0.1) is 30.4 Å². The Bertz CT molecular complexity index is 911. The van der Waals surface area contributed by atoms with Crippen molar-refractivity contribution in [1.82, 2.24) is 19.8 Å². The number of nitrogens with zero attached hydrogens (tertiary/aromatic N) is 3. The van der Waals surface area contributed by atoms with Crippen LogP contribution < -0.4 is 5.32 Å². The molecule has 0 bridgehead atoms. The van der Waals surface area contributed by atoms with E-state index in [4.69, 9.17) is 9.40 Å². The Morgan fingerprint density at radius 3 is 2.96 bits per heavy atom. The Balaban J connectivity index is 1.53. The average Bonchev–Trinajstić information content (AvgIpc) is 3.25. The molecular weight excluding hydrogens is 328 g/mol. The Hall–Kier alpha value is -2.60. The molecule has 1 aliphatic rings. The summed E-state index contributed by atoms with van der Waals surface area (Å²) in [7, 11) is 0. The van der Waals surface area contributed by atoms with Crippen LogP contribution in [0.25, 0.3) is 11.0 Å². The van der Waals surface area contributed by atoms with Crippen LogP contribution in [0.3, 0.4) is 0 Å². The number of hydrogen-bond donors (Lipinski definition) is 1. The Kier molecular flexibility index (Phi) is 4.51. The lowest BCUT2D eigenvalue weighted by molar-refractivity contribution is 0.0949. The van der Waals surface area contributed by atoms with Crippen molar-refractivity contribution in [3.63, 3.8) is 0 Å². The van der Waals surface area contributed by atoms with Gasteiger partial charge in [-0.3, -0.25) is 9.69 Å². The Labute approximate surface area is 152 Å². The highest BCUT2D eigenvalue weighted by molar-refractivity contribution is 5.97. The molecule has 1 amide bonds. The van der Waals surface area contributed by atoms with Crippen molar-refractivity contribution in [2.45, 2.75) is 33.5 Å². The summed E-state index contributed by atoms with van der Waals surface area (Å²) in [6.45, 7) is 8.27. The van der Waals surface area contributed by atoms with E-state index in [-0.39, 0.29) is 5.91 Å². The summed E-state index contributed by atoms with van der Waals surface area (Å²) in [4.78, 5) is 19.4. The van der Waals surface area contributed by atoms with Crippen molar-refractivity contribution in [2.24, 2.45) is 5.92 Å². The van der Waals surface area contributed by atoms with E-state index in [2.05, 4.69) is 28.6 Å². The summed E-state index contributed by atoms with van der Waals surface area (Å²) in [6, 6.07) is 9.72. The molecule has 26 heavy (non-hydrogen) atoms. The average molecular weight is 352 g/mol. The summed E-state index contributed by atoms with van der Waals surface area (Å²) in [5.74, 6) is 2.41. The number of carbonyl (C=O) groups is 1. The van der Waals surface area contributed by atoms with Gasteiger partial charge in [0.25, 0.3) is 5.91 Å². The molecule has 3 aromatic rings. The summed E-state index contributed by atoms with van der Waals surface area (Å²) in [5, 5.41) is 2.96. The highest BCUT2D eigenvalue weighted by atomic mass is 16.3. The van der Waals surface area contributed by atoms with Crippen molar-refractivity contribution >= 4 is 16.9 Å². The minimum atomic E-state index is -0.0361. The van der Waals surface area contributed by atoms with Gasteiger partial charge in [-0.25, -0.2) is 4.98 Å². The van der Waals surface area contributed by atoms with Crippen molar-refractivity contribution in [3.8, 4) is 0 Å². The first-order chi connectivity index (χ1) is 12.6. The van der Waals surface area contributed by atoms with Gasteiger partial charge < -0.3 is 14.3 Å². The summed E-state index contributed by atoms with van der Waals surface area (Å²) < 4.78 is 7.71. The zero-order chi connectivity index (χ0) is 18.1. The lowest BCUT2D eigenvalue weighted by atomic mass is 10.1. The number of imidazole rings is 1. The van der Waals surface area contributed by atoms with Crippen LogP contribution in [0.15, 0.2) is 41.0 Å². The second-order valence-corrected chi connectivity index (χ2v) is 7.28. The smallest absolute Gasteiger partial charge is 0.251 e. The maximum absolute atomic E-state index is 12.3. The fourth-order valence-corrected chi connectivity index (χ4v) is 3.37. The van der Waals surface area contributed by atoms with Gasteiger partial charge in [-0.05, 0) is 36.2 Å². The third-order valence-electron chi connectivity index (χ3n) is 4.72. The number of hydrogen-bond acceptors (Lipinski definition) is 4. The van der Waals surface area contributed by atoms with Crippen LogP contribution >= 0.6 is 0 Å². The highest BCUT2D eigenvalue weighted by Gasteiger charge is 2.21. The molecule has 0 atom stereocenters. The Morgan fingerprint density at radius 1 is 1.31 bits per heavy atom. The first kappa shape index (κ1) is 16.8. The lowest BCUT2D eigenvalue weighted by Gasteiger charge is -2.26. The number of amides is 1. The zero-order valence-electron chi connectivity index (χ0n) is 15.2. The van der Waals surface area contributed by atoms with Gasteiger partial charge in [0.2, 0.25) is 0 Å². The predicted octanol–water partition coefficient (Wildman–Crippen LogP) is 3.03. The molecule has 0 fully saturated rings. The molecule has 1 aromatic carbocycles. The second kappa shape index (κ2) is 6.96. The Morgan fingerprint density at radius 2 is 2.19 bits per heavy atom. The van der Waals surface area contributed by atoms with Crippen molar-refractivity contribution in [2.75, 3.05) is 13.1 Å². The van der Waals surface area contributed by atoms with Gasteiger partial charge >= 0.3 is 0 Å². The number of benzene rings is 1. The standard InChI is InChI=1S/C20H24N4O2/c1-14(2)11-21-20(25)15-5-6-18-17(10-15)22-19-13-23(7-8-24(18)19)12-16-4-3-9-26-16/h3-6,9-10,14H,7-8,11-13H2,1-2H3,(H,21,25). The topological polar surface area (TPSA) is 63.3 Å². The molecule has 3 heterocycles. The third-order valence-corrected chi connectivity index (χ3v) is 4.72. The molecule has 4 rings (SSSR count). The molecule has 0 saturated heterocycles. The minimum Gasteiger partial charge on any atom is -0.468 e. The number of aromatic nitrogens is 2. The minimum absolute atomic E-state index is 0.0361. The van der Waals surface area contributed by atoms with Gasteiger partial charge in [-0.1, -0.05) is 13.8 Å². The highest BCUT2D eigenvalue weighted by Crippen LogP contribution is 2.23. The van der Waals surface area contributed by atoms with Gasteiger partial charge in [-0.2, -0.15) is 0 Å². The van der Waals surface area contributed by atoms with Crippen LogP contribution in [0, 0.1) is 5.92 Å². The second-order valence-electron chi connectivity index (χ2n) is 7.28. The molecule has 6 nitrogen and oxygen atoms in total. The molecule has 0 aliphatic carbocycles. The molecule has 2 aromatic heterocycles.